The third-order valence-electron chi connectivity index (χ3n) is 5.01. The van der Waals surface area contributed by atoms with Gasteiger partial charge in [0.05, 0.1) is 24.9 Å². The third-order valence-corrected chi connectivity index (χ3v) is 5.95. The number of thioether (sulfide) groups is 1. The fourth-order valence-electron chi connectivity index (χ4n) is 3.33. The molecule has 2 aromatic carbocycles. The summed E-state index contributed by atoms with van der Waals surface area (Å²) in [5, 5.41) is 5.76. The van der Waals surface area contributed by atoms with E-state index in [9.17, 15) is 4.79 Å². The largest absolute Gasteiger partial charge is 0.377 e. The van der Waals surface area contributed by atoms with E-state index in [1.807, 2.05) is 53.2 Å². The average molecular weight is 404 g/mol. The Morgan fingerprint density at radius 1 is 1.03 bits per heavy atom. The summed E-state index contributed by atoms with van der Waals surface area (Å²) in [6, 6.07) is 20.2. The number of benzene rings is 2. The maximum atomic E-state index is 13.4. The predicted octanol–water partition coefficient (Wildman–Crippen LogP) is 3.49. The smallest absolute Gasteiger partial charge is 0.269 e. The summed E-state index contributed by atoms with van der Waals surface area (Å²) in [6.07, 6.45) is 2.71. The highest BCUT2D eigenvalue weighted by atomic mass is 32.2. The number of hydrogen-bond acceptors (Lipinski definition) is 5. The van der Waals surface area contributed by atoms with Gasteiger partial charge in [-0.3, -0.25) is 14.0 Å². The van der Waals surface area contributed by atoms with E-state index in [1.165, 1.54) is 5.56 Å². The Balaban J connectivity index is 1.53. The molecule has 1 aliphatic heterocycles. The van der Waals surface area contributed by atoms with Crippen molar-refractivity contribution >= 4 is 22.8 Å². The van der Waals surface area contributed by atoms with Gasteiger partial charge < -0.3 is 4.74 Å². The lowest BCUT2D eigenvalue weighted by Crippen LogP contribution is -2.30. The van der Waals surface area contributed by atoms with Crippen molar-refractivity contribution in [3.8, 4) is 5.69 Å². The summed E-state index contributed by atoms with van der Waals surface area (Å²) in [5.74, 6) is 0.825. The molecule has 6 nitrogen and oxygen atoms in total. The van der Waals surface area contributed by atoms with E-state index in [2.05, 4.69) is 17.2 Å². The van der Waals surface area contributed by atoms with Gasteiger partial charge in [-0.15, -0.1) is 0 Å². The van der Waals surface area contributed by atoms with Crippen molar-refractivity contribution in [1.82, 2.24) is 19.3 Å². The van der Waals surface area contributed by atoms with Crippen LogP contribution in [-0.2, 0) is 11.2 Å². The van der Waals surface area contributed by atoms with Crippen LogP contribution in [0.25, 0.3) is 16.7 Å². The summed E-state index contributed by atoms with van der Waals surface area (Å²) >= 11 is 1.58. The molecule has 0 saturated carbocycles. The van der Waals surface area contributed by atoms with E-state index >= 15 is 0 Å². The molecule has 2 aromatic heterocycles. The second kappa shape index (κ2) is 7.85. The van der Waals surface area contributed by atoms with Gasteiger partial charge in [-0.05, 0) is 24.1 Å². The zero-order valence-electron chi connectivity index (χ0n) is 15.8. The topological polar surface area (TPSA) is 61.9 Å². The number of rotatable bonds is 6. The zero-order chi connectivity index (χ0) is 19.6. The maximum absolute atomic E-state index is 13.4. The van der Waals surface area contributed by atoms with Gasteiger partial charge >= 0.3 is 0 Å². The number of para-hydroxylation sites is 1. The number of aromatic nitrogens is 4. The van der Waals surface area contributed by atoms with E-state index in [0.29, 0.717) is 29.4 Å². The number of nitrogens with zero attached hydrogens (tertiary/aromatic N) is 4. The minimum absolute atomic E-state index is 0.0881. The Morgan fingerprint density at radius 2 is 1.76 bits per heavy atom. The molecule has 1 saturated heterocycles. The van der Waals surface area contributed by atoms with E-state index in [0.717, 1.165) is 17.9 Å². The van der Waals surface area contributed by atoms with Gasteiger partial charge in [-0.2, -0.15) is 5.10 Å². The van der Waals surface area contributed by atoms with Crippen molar-refractivity contribution < 1.29 is 4.74 Å². The molecule has 4 aromatic rings. The van der Waals surface area contributed by atoms with Gasteiger partial charge in [0.1, 0.15) is 5.39 Å². The molecule has 0 atom stereocenters. The van der Waals surface area contributed by atoms with Crippen molar-refractivity contribution in [3.63, 3.8) is 0 Å². The zero-order valence-corrected chi connectivity index (χ0v) is 16.6. The first kappa shape index (κ1) is 18.1. The van der Waals surface area contributed by atoms with Gasteiger partial charge in [0.15, 0.2) is 10.8 Å². The molecule has 1 fully saturated rings. The van der Waals surface area contributed by atoms with E-state index < -0.39 is 0 Å². The lowest BCUT2D eigenvalue weighted by molar-refractivity contribution is -0.0283. The first-order valence-corrected chi connectivity index (χ1v) is 10.6. The first-order valence-electron chi connectivity index (χ1n) is 9.61. The number of ether oxygens (including phenoxy) is 1. The molecule has 146 valence electrons. The summed E-state index contributed by atoms with van der Waals surface area (Å²) in [6.45, 7) is 1.25. The number of hydrogen-bond donors (Lipinski definition) is 0. The van der Waals surface area contributed by atoms with Crippen molar-refractivity contribution in [1.29, 1.82) is 0 Å². The normalized spacial score (nSPS) is 14.2. The SMILES string of the molecule is O=c1c2cn(C3COC3)nc2nc(SCCc2ccccc2)n1-c1ccccc1. The Bertz CT molecular complexity index is 1180. The fraction of sp³-hybridized carbons (Fsp3) is 0.227. The Kier molecular flexibility index (Phi) is 4.91. The fourth-order valence-corrected chi connectivity index (χ4v) is 4.32. The molecule has 0 amide bonds. The van der Waals surface area contributed by atoms with Gasteiger partial charge in [0, 0.05) is 11.9 Å². The van der Waals surface area contributed by atoms with Crippen molar-refractivity contribution in [3.05, 3.63) is 82.8 Å². The molecule has 0 aliphatic carbocycles. The van der Waals surface area contributed by atoms with Gasteiger partial charge in [-0.25, -0.2) is 4.98 Å². The van der Waals surface area contributed by atoms with E-state index in [4.69, 9.17) is 9.72 Å². The first-order chi connectivity index (χ1) is 14.3. The van der Waals surface area contributed by atoms with Gasteiger partial charge in [0.2, 0.25) is 0 Å². The predicted molar refractivity (Wildman–Crippen MR) is 114 cm³/mol. The highest BCUT2D eigenvalue weighted by Gasteiger charge is 2.23. The van der Waals surface area contributed by atoms with Crippen LogP contribution >= 0.6 is 11.8 Å². The monoisotopic (exact) mass is 404 g/mol. The second-order valence-corrected chi connectivity index (χ2v) is 8.05. The maximum Gasteiger partial charge on any atom is 0.269 e. The highest BCUT2D eigenvalue weighted by molar-refractivity contribution is 7.99. The Labute approximate surface area is 172 Å². The van der Waals surface area contributed by atoms with Gasteiger partial charge in [-0.1, -0.05) is 60.3 Å². The molecular formula is C22H20N4O2S. The molecule has 0 unspecified atom stereocenters. The molecule has 0 spiro atoms. The van der Waals surface area contributed by atoms with Crippen LogP contribution in [0.2, 0.25) is 0 Å². The molecule has 1 aliphatic rings. The van der Waals surface area contributed by atoms with Crippen molar-refractivity contribution in [2.75, 3.05) is 19.0 Å². The molecule has 7 heteroatoms. The second-order valence-electron chi connectivity index (χ2n) is 6.99. The van der Waals surface area contributed by atoms with Gasteiger partial charge in [0.25, 0.3) is 5.56 Å². The average Bonchev–Trinajstić information content (AvgIpc) is 3.12. The van der Waals surface area contributed by atoms with Crippen LogP contribution in [0.15, 0.2) is 76.8 Å². The quantitative estimate of drug-likeness (QED) is 0.364. The summed E-state index contributed by atoms with van der Waals surface area (Å²) in [5.41, 5.74) is 2.49. The van der Waals surface area contributed by atoms with Crippen LogP contribution in [0.4, 0.5) is 0 Å². The Morgan fingerprint density at radius 3 is 2.45 bits per heavy atom. The lowest BCUT2D eigenvalue weighted by atomic mass is 10.2. The summed E-state index contributed by atoms with van der Waals surface area (Å²) in [4.78, 5) is 18.1. The molecule has 0 radical (unpaired) electrons. The van der Waals surface area contributed by atoms with Crippen LogP contribution < -0.4 is 5.56 Å². The minimum Gasteiger partial charge on any atom is -0.377 e. The molecule has 0 N–H and O–H groups in total. The van der Waals surface area contributed by atoms with Crippen molar-refractivity contribution in [2.24, 2.45) is 0 Å². The van der Waals surface area contributed by atoms with E-state index in [1.54, 1.807) is 22.5 Å². The van der Waals surface area contributed by atoms with Crippen LogP contribution in [0.1, 0.15) is 11.6 Å². The van der Waals surface area contributed by atoms with Crippen LogP contribution in [-0.4, -0.2) is 38.3 Å². The van der Waals surface area contributed by atoms with Crippen LogP contribution in [0, 0.1) is 0 Å². The molecular weight excluding hydrogens is 384 g/mol. The molecule has 3 heterocycles. The Hall–Kier alpha value is -2.90. The van der Waals surface area contributed by atoms with Crippen LogP contribution in [0.3, 0.4) is 0 Å². The lowest BCUT2D eigenvalue weighted by Gasteiger charge is -2.25. The summed E-state index contributed by atoms with van der Waals surface area (Å²) < 4.78 is 8.77. The molecule has 5 rings (SSSR count). The number of fused-ring (bicyclic) bond motifs is 1. The van der Waals surface area contributed by atoms with Crippen molar-refractivity contribution in [2.45, 2.75) is 17.6 Å². The molecule has 29 heavy (non-hydrogen) atoms. The van der Waals surface area contributed by atoms with E-state index in [-0.39, 0.29) is 11.6 Å². The highest BCUT2D eigenvalue weighted by Crippen LogP contribution is 2.23. The summed E-state index contributed by atoms with van der Waals surface area (Å²) in [7, 11) is 0. The minimum atomic E-state index is -0.0881. The van der Waals surface area contributed by atoms with Crippen LogP contribution in [0.5, 0.6) is 0 Å². The standard InChI is InChI=1S/C22H20N4O2S/c27-21-19-13-25(18-14-28-15-18)24-20(19)23-22(26(21)17-9-5-2-6-10-17)29-12-11-16-7-3-1-4-8-16/h1-10,13,18H,11-12,14-15H2. The molecule has 0 bridgehead atoms. The third kappa shape index (κ3) is 3.59. The number of aryl methyl sites for hydroxylation is 1.